The van der Waals surface area contributed by atoms with E-state index in [-0.39, 0.29) is 13.2 Å². The highest BCUT2D eigenvalue weighted by Gasteiger charge is 2.27. The highest BCUT2D eigenvalue weighted by atomic mass is 35.5. The molecule has 4 aromatic rings. The molecule has 0 aliphatic rings. The number of carbonyl (C=O) groups excluding carboxylic acids is 1. The molecule has 0 radical (unpaired) electrons. The number of anilines is 3. The van der Waals surface area contributed by atoms with Gasteiger partial charge in [0.2, 0.25) is 5.91 Å². The average molecular weight is 556 g/mol. The molecule has 0 unspecified atom stereocenters. The van der Waals surface area contributed by atoms with Crippen molar-refractivity contribution in [2.45, 2.75) is 20.5 Å². The van der Waals surface area contributed by atoms with E-state index in [4.69, 9.17) is 25.4 Å². The SMILES string of the molecule is CCOP(=O)(CC(=O)Nc1ccc2ncnc(Nc3ccc(OCc4ccccn4)c(Cl)c3)c2c1)OCC. The molecule has 38 heavy (non-hydrogen) atoms. The van der Waals surface area contributed by atoms with Crippen LogP contribution in [0.1, 0.15) is 19.5 Å². The maximum atomic E-state index is 12.7. The lowest BCUT2D eigenvalue weighted by atomic mass is 10.2. The third-order valence-corrected chi connectivity index (χ3v) is 7.48. The minimum Gasteiger partial charge on any atom is -0.486 e. The summed E-state index contributed by atoms with van der Waals surface area (Å²) in [6.45, 7) is 4.03. The predicted octanol–water partition coefficient (Wildman–Crippen LogP) is 6.21. The van der Waals surface area contributed by atoms with E-state index in [1.807, 2.05) is 24.3 Å². The first-order valence-electron chi connectivity index (χ1n) is 11.9. The molecule has 1 amide bonds. The number of fused-ring (bicyclic) bond motifs is 1. The van der Waals surface area contributed by atoms with Crippen molar-refractivity contribution in [3.8, 4) is 5.75 Å². The van der Waals surface area contributed by atoms with Gasteiger partial charge in [-0.1, -0.05) is 17.7 Å². The Hall–Kier alpha value is -3.56. The minimum absolute atomic E-state index is 0.175. The Morgan fingerprint density at radius 3 is 2.47 bits per heavy atom. The fourth-order valence-electron chi connectivity index (χ4n) is 3.60. The monoisotopic (exact) mass is 555 g/mol. The van der Waals surface area contributed by atoms with E-state index >= 15 is 0 Å². The Morgan fingerprint density at radius 1 is 0.974 bits per heavy atom. The van der Waals surface area contributed by atoms with Gasteiger partial charge < -0.3 is 24.4 Å². The second-order valence-corrected chi connectivity index (χ2v) is 10.4. The van der Waals surface area contributed by atoms with Crippen molar-refractivity contribution >= 4 is 53.2 Å². The number of hydrogen-bond donors (Lipinski definition) is 2. The molecule has 4 rings (SSSR count). The third-order valence-electron chi connectivity index (χ3n) is 5.20. The van der Waals surface area contributed by atoms with Gasteiger partial charge in [-0.05, 0) is 62.4 Å². The van der Waals surface area contributed by atoms with E-state index in [1.54, 1.807) is 50.4 Å². The molecule has 0 aliphatic carbocycles. The van der Waals surface area contributed by atoms with Crippen LogP contribution in [0, 0.1) is 0 Å². The zero-order chi connectivity index (χ0) is 27.0. The van der Waals surface area contributed by atoms with E-state index in [2.05, 4.69) is 25.6 Å². The molecule has 2 N–H and O–H groups in total. The molecule has 2 aromatic heterocycles. The normalized spacial score (nSPS) is 11.3. The van der Waals surface area contributed by atoms with Crippen LogP contribution in [0.4, 0.5) is 17.2 Å². The number of hydrogen-bond acceptors (Lipinski definition) is 9. The fourth-order valence-corrected chi connectivity index (χ4v) is 5.31. The molecule has 198 valence electrons. The molecule has 0 spiro atoms. The van der Waals surface area contributed by atoms with Gasteiger partial charge in [0.05, 0.1) is 29.4 Å². The third kappa shape index (κ3) is 7.26. The van der Waals surface area contributed by atoms with Gasteiger partial charge >= 0.3 is 7.60 Å². The summed E-state index contributed by atoms with van der Waals surface area (Å²) in [4.78, 5) is 25.5. The summed E-state index contributed by atoms with van der Waals surface area (Å²) in [6.07, 6.45) is 2.75. The number of halogens is 1. The number of aromatic nitrogens is 3. The van der Waals surface area contributed by atoms with E-state index in [0.29, 0.717) is 45.5 Å². The van der Waals surface area contributed by atoms with Crippen LogP contribution in [0.15, 0.2) is 67.1 Å². The number of nitrogens with one attached hydrogen (secondary N) is 2. The first kappa shape index (κ1) is 27.5. The average Bonchev–Trinajstić information content (AvgIpc) is 2.89. The van der Waals surface area contributed by atoms with Crippen LogP contribution in [0.25, 0.3) is 10.9 Å². The first-order chi connectivity index (χ1) is 18.4. The summed E-state index contributed by atoms with van der Waals surface area (Å²) in [5.74, 6) is 0.546. The summed E-state index contributed by atoms with van der Waals surface area (Å²) in [5.41, 5.74) is 2.62. The molecular weight excluding hydrogens is 529 g/mol. The second kappa shape index (κ2) is 12.8. The molecular formula is C26H27ClN5O5P. The van der Waals surface area contributed by atoms with Crippen LogP contribution in [0.5, 0.6) is 5.75 Å². The number of benzene rings is 2. The molecule has 0 atom stereocenters. The molecule has 0 bridgehead atoms. The second-order valence-electron chi connectivity index (χ2n) is 7.99. The Morgan fingerprint density at radius 2 is 1.76 bits per heavy atom. The van der Waals surface area contributed by atoms with Crippen molar-refractivity contribution in [3.63, 3.8) is 0 Å². The van der Waals surface area contributed by atoms with Gasteiger partial charge in [0, 0.05) is 23.0 Å². The summed E-state index contributed by atoms with van der Waals surface area (Å²) in [7, 11) is -3.52. The van der Waals surface area contributed by atoms with Crippen LogP contribution in [-0.2, 0) is 25.0 Å². The fraction of sp³-hybridized carbons (Fsp3) is 0.231. The molecule has 0 aliphatic heterocycles. The highest BCUT2D eigenvalue weighted by Crippen LogP contribution is 2.47. The number of nitrogens with zero attached hydrogens (tertiary/aromatic N) is 3. The lowest BCUT2D eigenvalue weighted by molar-refractivity contribution is -0.114. The zero-order valence-electron chi connectivity index (χ0n) is 20.9. The molecule has 0 fully saturated rings. The van der Waals surface area contributed by atoms with Gasteiger partial charge in [0.25, 0.3) is 0 Å². The molecule has 2 heterocycles. The van der Waals surface area contributed by atoms with Gasteiger partial charge in [-0.15, -0.1) is 0 Å². The van der Waals surface area contributed by atoms with Crippen LogP contribution >= 0.6 is 19.2 Å². The molecule has 0 saturated heterocycles. The van der Waals surface area contributed by atoms with E-state index in [9.17, 15) is 9.36 Å². The number of ether oxygens (including phenoxy) is 1. The minimum atomic E-state index is -3.52. The van der Waals surface area contributed by atoms with Crippen molar-refractivity contribution in [2.24, 2.45) is 0 Å². The summed E-state index contributed by atoms with van der Waals surface area (Å²) in [6, 6.07) is 16.1. The predicted molar refractivity (Wildman–Crippen MR) is 147 cm³/mol. The Kier molecular flexibility index (Phi) is 9.25. The number of carbonyl (C=O) groups is 1. The van der Waals surface area contributed by atoms with Crippen LogP contribution < -0.4 is 15.4 Å². The van der Waals surface area contributed by atoms with Crippen molar-refractivity contribution in [1.82, 2.24) is 15.0 Å². The van der Waals surface area contributed by atoms with Gasteiger partial charge in [-0.25, -0.2) is 9.97 Å². The molecule has 10 nitrogen and oxygen atoms in total. The van der Waals surface area contributed by atoms with Gasteiger partial charge in [-0.2, -0.15) is 0 Å². The smallest absolute Gasteiger partial charge is 0.340 e. The topological polar surface area (TPSA) is 125 Å². The molecule has 0 saturated carbocycles. The van der Waals surface area contributed by atoms with Crippen molar-refractivity contribution in [2.75, 3.05) is 30.0 Å². The summed E-state index contributed by atoms with van der Waals surface area (Å²) >= 11 is 6.45. The van der Waals surface area contributed by atoms with E-state index in [1.165, 1.54) is 6.33 Å². The van der Waals surface area contributed by atoms with Crippen LogP contribution in [0.2, 0.25) is 5.02 Å². The van der Waals surface area contributed by atoms with E-state index in [0.717, 1.165) is 5.69 Å². The Bertz CT molecular complexity index is 1450. The van der Waals surface area contributed by atoms with Crippen molar-refractivity contribution in [3.05, 3.63) is 77.8 Å². The number of pyridine rings is 1. The van der Waals surface area contributed by atoms with Gasteiger partial charge in [0.15, 0.2) is 0 Å². The lowest BCUT2D eigenvalue weighted by Gasteiger charge is -2.16. The zero-order valence-corrected chi connectivity index (χ0v) is 22.5. The van der Waals surface area contributed by atoms with Crippen LogP contribution in [-0.4, -0.2) is 40.2 Å². The maximum Gasteiger partial charge on any atom is 0.340 e. The highest BCUT2D eigenvalue weighted by molar-refractivity contribution is 7.54. The Balaban J connectivity index is 1.48. The lowest BCUT2D eigenvalue weighted by Crippen LogP contribution is -2.18. The Labute approximate surface area is 225 Å². The van der Waals surface area contributed by atoms with Gasteiger partial charge in [0.1, 0.15) is 30.7 Å². The molecule has 12 heteroatoms. The summed E-state index contributed by atoms with van der Waals surface area (Å²) < 4.78 is 28.9. The number of amides is 1. The number of rotatable bonds is 12. The molecule has 2 aromatic carbocycles. The van der Waals surface area contributed by atoms with E-state index < -0.39 is 19.7 Å². The first-order valence-corrected chi connectivity index (χ1v) is 14.0. The van der Waals surface area contributed by atoms with Crippen molar-refractivity contribution in [1.29, 1.82) is 0 Å². The van der Waals surface area contributed by atoms with Crippen molar-refractivity contribution < 1.29 is 23.1 Å². The standard InChI is InChI=1S/C26H27ClN5O5P/c1-3-36-38(34,37-4-2)16-25(33)31-18-8-10-23-21(13-18)26(30-17-29-23)32-19-9-11-24(22(27)14-19)35-15-20-7-5-6-12-28-20/h5-14,17H,3-4,15-16H2,1-2H3,(H,31,33)(H,29,30,32). The summed E-state index contributed by atoms with van der Waals surface area (Å²) in [5, 5.41) is 7.07. The quantitative estimate of drug-likeness (QED) is 0.196. The largest absolute Gasteiger partial charge is 0.486 e. The maximum absolute atomic E-state index is 12.7. The van der Waals surface area contributed by atoms with Gasteiger partial charge in [-0.3, -0.25) is 14.3 Å². The van der Waals surface area contributed by atoms with Crippen LogP contribution in [0.3, 0.4) is 0 Å².